The van der Waals surface area contributed by atoms with E-state index in [0.29, 0.717) is 0 Å². The van der Waals surface area contributed by atoms with E-state index in [1.165, 1.54) is 22.3 Å². The van der Waals surface area contributed by atoms with E-state index < -0.39 is 0 Å². The van der Waals surface area contributed by atoms with Crippen molar-refractivity contribution in [1.29, 1.82) is 0 Å². The van der Waals surface area contributed by atoms with Crippen LogP contribution in [-0.2, 0) is 6.42 Å². The highest BCUT2D eigenvalue weighted by atomic mass is 16.3. The van der Waals surface area contributed by atoms with Crippen LogP contribution in [0.1, 0.15) is 11.1 Å². The number of hydrogen-bond donors (Lipinski definition) is 2. The summed E-state index contributed by atoms with van der Waals surface area (Å²) < 4.78 is 0. The van der Waals surface area contributed by atoms with Crippen molar-refractivity contribution in [1.82, 2.24) is 0 Å². The number of benzene rings is 2. The summed E-state index contributed by atoms with van der Waals surface area (Å²) in [5.74, 6) is 0. The molecule has 2 heteroatoms. The molecule has 1 aliphatic rings. The number of aliphatic hydroxyl groups is 1. The van der Waals surface area contributed by atoms with Gasteiger partial charge in [-0.2, -0.15) is 0 Å². The first-order chi connectivity index (χ1) is 7.90. The van der Waals surface area contributed by atoms with E-state index in [4.69, 9.17) is 5.11 Å². The number of fused-ring (bicyclic) bond motifs is 3. The fourth-order valence-corrected chi connectivity index (χ4v) is 2.41. The highest BCUT2D eigenvalue weighted by Crippen LogP contribution is 2.39. The molecule has 0 radical (unpaired) electrons. The van der Waals surface area contributed by atoms with Gasteiger partial charge in [-0.05, 0) is 28.3 Å². The van der Waals surface area contributed by atoms with Gasteiger partial charge in [0.05, 0.1) is 0 Å². The van der Waals surface area contributed by atoms with E-state index in [1.807, 2.05) is 12.1 Å². The molecule has 16 heavy (non-hydrogen) atoms. The molecule has 0 bridgehead atoms. The van der Waals surface area contributed by atoms with Crippen molar-refractivity contribution in [2.45, 2.75) is 6.42 Å². The first-order valence-electron chi connectivity index (χ1n) is 5.45. The second-order valence-corrected chi connectivity index (χ2v) is 4.00. The quantitative estimate of drug-likeness (QED) is 0.639. The fourth-order valence-electron chi connectivity index (χ4n) is 2.41. The summed E-state index contributed by atoms with van der Waals surface area (Å²) in [4.78, 5) is 0. The number of hydrogen-bond acceptors (Lipinski definition) is 2. The summed E-state index contributed by atoms with van der Waals surface area (Å²) >= 11 is 0. The van der Waals surface area contributed by atoms with Crippen molar-refractivity contribution in [2.24, 2.45) is 0 Å². The van der Waals surface area contributed by atoms with Gasteiger partial charge in [-0.25, -0.2) is 0 Å². The van der Waals surface area contributed by atoms with Gasteiger partial charge in [-0.15, -0.1) is 0 Å². The van der Waals surface area contributed by atoms with Crippen LogP contribution in [0, 0.1) is 0 Å². The van der Waals surface area contributed by atoms with Gasteiger partial charge < -0.3 is 10.4 Å². The Bertz CT molecular complexity index is 534. The van der Waals surface area contributed by atoms with E-state index in [0.717, 1.165) is 12.1 Å². The second kappa shape index (κ2) is 3.65. The van der Waals surface area contributed by atoms with Crippen molar-refractivity contribution in [2.75, 3.05) is 12.0 Å². The van der Waals surface area contributed by atoms with Crippen molar-refractivity contribution in [3.05, 3.63) is 53.6 Å². The first-order valence-corrected chi connectivity index (χ1v) is 5.45. The van der Waals surface area contributed by atoms with Gasteiger partial charge in [0.2, 0.25) is 0 Å². The monoisotopic (exact) mass is 211 g/mol. The Kier molecular flexibility index (Phi) is 2.15. The third-order valence-electron chi connectivity index (χ3n) is 3.12. The minimum absolute atomic E-state index is 0.0210. The van der Waals surface area contributed by atoms with Crippen molar-refractivity contribution in [3.63, 3.8) is 0 Å². The Hall–Kier alpha value is -1.80. The molecule has 0 unspecified atom stereocenters. The SMILES string of the molecule is OCNc1cccc2c1Cc1ccccc1-2. The Morgan fingerprint density at radius 3 is 2.69 bits per heavy atom. The summed E-state index contributed by atoms with van der Waals surface area (Å²) in [5, 5.41) is 12.0. The Balaban J connectivity index is 2.16. The van der Waals surface area contributed by atoms with Crippen LogP contribution >= 0.6 is 0 Å². The lowest BCUT2D eigenvalue weighted by atomic mass is 10.1. The van der Waals surface area contributed by atoms with E-state index in [1.54, 1.807) is 0 Å². The van der Waals surface area contributed by atoms with Gasteiger partial charge in [-0.3, -0.25) is 0 Å². The predicted molar refractivity (Wildman–Crippen MR) is 65.4 cm³/mol. The second-order valence-electron chi connectivity index (χ2n) is 4.00. The summed E-state index contributed by atoms with van der Waals surface area (Å²) in [5.41, 5.74) is 6.30. The van der Waals surface area contributed by atoms with Crippen LogP contribution in [0.25, 0.3) is 11.1 Å². The van der Waals surface area contributed by atoms with Gasteiger partial charge in [0, 0.05) is 12.1 Å². The van der Waals surface area contributed by atoms with Crippen LogP contribution in [-0.4, -0.2) is 11.8 Å². The van der Waals surface area contributed by atoms with Gasteiger partial charge in [0.1, 0.15) is 6.73 Å². The third kappa shape index (κ3) is 1.31. The molecule has 0 aromatic heterocycles. The molecular formula is C14H13NO. The van der Waals surface area contributed by atoms with E-state index in [9.17, 15) is 0 Å². The minimum Gasteiger partial charge on any atom is -0.377 e. The van der Waals surface area contributed by atoms with Crippen LogP contribution in [0.4, 0.5) is 5.69 Å². The van der Waals surface area contributed by atoms with Crippen LogP contribution in [0.15, 0.2) is 42.5 Å². The van der Waals surface area contributed by atoms with E-state index in [-0.39, 0.29) is 6.73 Å². The molecule has 2 N–H and O–H groups in total. The lowest BCUT2D eigenvalue weighted by molar-refractivity contribution is 0.325. The summed E-state index contributed by atoms with van der Waals surface area (Å²) in [6.45, 7) is -0.0210. The van der Waals surface area contributed by atoms with Crippen LogP contribution in [0.3, 0.4) is 0 Å². The highest BCUT2D eigenvalue weighted by molar-refractivity contribution is 5.81. The summed E-state index contributed by atoms with van der Waals surface area (Å²) in [6, 6.07) is 14.6. The molecule has 0 aliphatic heterocycles. The summed E-state index contributed by atoms with van der Waals surface area (Å²) in [7, 11) is 0. The molecule has 0 atom stereocenters. The molecule has 0 fully saturated rings. The van der Waals surface area contributed by atoms with Crippen molar-refractivity contribution >= 4 is 5.69 Å². The fraction of sp³-hybridized carbons (Fsp3) is 0.143. The van der Waals surface area contributed by atoms with Gasteiger partial charge >= 0.3 is 0 Å². The molecule has 2 nitrogen and oxygen atoms in total. The molecule has 2 aromatic carbocycles. The average Bonchev–Trinajstić information content (AvgIpc) is 2.69. The van der Waals surface area contributed by atoms with E-state index in [2.05, 4.69) is 35.6 Å². The molecule has 0 amide bonds. The Morgan fingerprint density at radius 1 is 1.00 bits per heavy atom. The van der Waals surface area contributed by atoms with E-state index >= 15 is 0 Å². The zero-order valence-electron chi connectivity index (χ0n) is 8.90. The van der Waals surface area contributed by atoms with Gasteiger partial charge in [0.25, 0.3) is 0 Å². The van der Waals surface area contributed by atoms with Crippen molar-refractivity contribution < 1.29 is 5.11 Å². The van der Waals surface area contributed by atoms with Crippen LogP contribution in [0.2, 0.25) is 0 Å². The standard InChI is InChI=1S/C14H13NO/c16-9-15-14-7-3-6-12-11-5-2-1-4-10(11)8-13(12)14/h1-7,15-16H,8-9H2. The lowest BCUT2D eigenvalue weighted by Crippen LogP contribution is -2.02. The average molecular weight is 211 g/mol. The third-order valence-corrected chi connectivity index (χ3v) is 3.12. The molecule has 0 spiro atoms. The highest BCUT2D eigenvalue weighted by Gasteiger charge is 2.19. The minimum atomic E-state index is -0.0210. The first kappa shape index (κ1) is 9.43. The maximum Gasteiger partial charge on any atom is 0.113 e. The number of aliphatic hydroxyl groups excluding tert-OH is 1. The maximum atomic E-state index is 8.96. The molecule has 2 aromatic rings. The predicted octanol–water partition coefficient (Wildman–Crippen LogP) is 2.62. The molecule has 0 heterocycles. The smallest absolute Gasteiger partial charge is 0.113 e. The normalized spacial score (nSPS) is 12.1. The molecule has 0 saturated carbocycles. The number of anilines is 1. The van der Waals surface area contributed by atoms with Gasteiger partial charge in [0.15, 0.2) is 0 Å². The molecule has 3 rings (SSSR count). The van der Waals surface area contributed by atoms with Gasteiger partial charge in [-0.1, -0.05) is 36.4 Å². The molecule has 80 valence electrons. The zero-order chi connectivity index (χ0) is 11.0. The maximum absolute atomic E-state index is 8.96. The Labute approximate surface area is 94.6 Å². The van der Waals surface area contributed by atoms with Crippen LogP contribution in [0.5, 0.6) is 0 Å². The number of nitrogens with one attached hydrogen (secondary N) is 1. The number of rotatable bonds is 2. The molecule has 1 aliphatic carbocycles. The topological polar surface area (TPSA) is 32.3 Å². The zero-order valence-corrected chi connectivity index (χ0v) is 8.90. The summed E-state index contributed by atoms with van der Waals surface area (Å²) in [6.07, 6.45) is 0.953. The van der Waals surface area contributed by atoms with Crippen LogP contribution < -0.4 is 5.32 Å². The molecular weight excluding hydrogens is 198 g/mol. The molecule has 0 saturated heterocycles. The Morgan fingerprint density at radius 2 is 1.81 bits per heavy atom. The largest absolute Gasteiger partial charge is 0.377 e. The lowest BCUT2D eigenvalue weighted by Gasteiger charge is -2.08. The van der Waals surface area contributed by atoms with Crippen molar-refractivity contribution in [3.8, 4) is 11.1 Å².